The molecule has 0 unspecified atom stereocenters. The van der Waals surface area contributed by atoms with Crippen molar-refractivity contribution in [2.75, 3.05) is 24.7 Å². The van der Waals surface area contributed by atoms with E-state index >= 15 is 0 Å². The highest BCUT2D eigenvalue weighted by atomic mass is 35.5. The number of hydrogen-bond acceptors (Lipinski definition) is 4. The standard InChI is InChI=1S/C14H19ClN2O2/c15-10-3-4-14(16-8-10)17-6-1-2-12(17)11-9-19-7-5-13(11)18/h3-4,8,11-13,18H,1-2,5-7,9H2/t11-,12+,13+/m0/s1. The molecule has 2 aliphatic heterocycles. The fraction of sp³-hybridized carbons (Fsp3) is 0.643. The van der Waals surface area contributed by atoms with Gasteiger partial charge in [-0.05, 0) is 31.4 Å². The Labute approximate surface area is 118 Å². The molecule has 1 aromatic rings. The summed E-state index contributed by atoms with van der Waals surface area (Å²) in [6, 6.07) is 4.15. The van der Waals surface area contributed by atoms with Crippen LogP contribution >= 0.6 is 11.6 Å². The molecule has 3 atom stereocenters. The van der Waals surface area contributed by atoms with E-state index in [1.54, 1.807) is 6.20 Å². The van der Waals surface area contributed by atoms with Crippen LogP contribution in [0.5, 0.6) is 0 Å². The molecule has 0 radical (unpaired) electrons. The summed E-state index contributed by atoms with van der Waals surface area (Å²) < 4.78 is 5.54. The van der Waals surface area contributed by atoms with Crippen molar-refractivity contribution in [1.82, 2.24) is 4.98 Å². The quantitative estimate of drug-likeness (QED) is 0.902. The third-order valence-electron chi connectivity index (χ3n) is 4.16. The maximum atomic E-state index is 10.2. The van der Waals surface area contributed by atoms with Crippen molar-refractivity contribution in [1.29, 1.82) is 0 Å². The monoisotopic (exact) mass is 282 g/mol. The topological polar surface area (TPSA) is 45.6 Å². The number of rotatable bonds is 2. The number of aliphatic hydroxyl groups excluding tert-OH is 1. The van der Waals surface area contributed by atoms with E-state index < -0.39 is 0 Å². The highest BCUT2D eigenvalue weighted by Gasteiger charge is 2.38. The SMILES string of the molecule is O[C@@H]1CCOC[C@H]1[C@H]1CCCN1c1ccc(Cl)cn1. The van der Waals surface area contributed by atoms with Crippen molar-refractivity contribution in [3.63, 3.8) is 0 Å². The van der Waals surface area contributed by atoms with E-state index in [2.05, 4.69) is 9.88 Å². The predicted octanol–water partition coefficient (Wildman–Crippen LogP) is 2.10. The van der Waals surface area contributed by atoms with Gasteiger partial charge in [-0.2, -0.15) is 0 Å². The molecule has 19 heavy (non-hydrogen) atoms. The Morgan fingerprint density at radius 1 is 1.37 bits per heavy atom. The van der Waals surface area contributed by atoms with Crippen LogP contribution < -0.4 is 4.90 Å². The predicted molar refractivity (Wildman–Crippen MR) is 74.5 cm³/mol. The van der Waals surface area contributed by atoms with Gasteiger partial charge in [-0.25, -0.2) is 4.98 Å². The molecule has 104 valence electrons. The second-order valence-corrected chi connectivity index (χ2v) is 5.77. The third-order valence-corrected chi connectivity index (χ3v) is 4.39. The second-order valence-electron chi connectivity index (χ2n) is 5.33. The van der Waals surface area contributed by atoms with Crippen molar-refractivity contribution in [2.45, 2.75) is 31.4 Å². The number of hydrogen-bond donors (Lipinski definition) is 1. The van der Waals surface area contributed by atoms with Crippen molar-refractivity contribution in [3.8, 4) is 0 Å². The molecule has 2 fully saturated rings. The summed E-state index contributed by atoms with van der Waals surface area (Å²) in [5.74, 6) is 1.14. The summed E-state index contributed by atoms with van der Waals surface area (Å²) in [6.45, 7) is 2.31. The number of nitrogens with zero attached hydrogens (tertiary/aromatic N) is 2. The Bertz CT molecular complexity index is 426. The lowest BCUT2D eigenvalue weighted by molar-refractivity contribution is -0.0438. The molecule has 1 aromatic heterocycles. The van der Waals surface area contributed by atoms with Gasteiger partial charge in [0, 0.05) is 31.3 Å². The number of anilines is 1. The normalized spacial score (nSPS) is 31.7. The van der Waals surface area contributed by atoms with Crippen molar-refractivity contribution < 1.29 is 9.84 Å². The lowest BCUT2D eigenvalue weighted by Gasteiger charge is -2.37. The fourth-order valence-electron chi connectivity index (χ4n) is 3.18. The first-order valence-electron chi connectivity index (χ1n) is 6.90. The molecule has 4 nitrogen and oxygen atoms in total. The highest BCUT2D eigenvalue weighted by molar-refractivity contribution is 6.30. The molecule has 0 aliphatic carbocycles. The zero-order chi connectivity index (χ0) is 13.2. The summed E-state index contributed by atoms with van der Waals surface area (Å²) >= 11 is 5.89. The van der Waals surface area contributed by atoms with E-state index in [1.165, 1.54) is 0 Å². The van der Waals surface area contributed by atoms with Gasteiger partial charge >= 0.3 is 0 Å². The van der Waals surface area contributed by atoms with Gasteiger partial charge in [0.1, 0.15) is 5.82 Å². The van der Waals surface area contributed by atoms with Crippen LogP contribution in [0, 0.1) is 5.92 Å². The molecule has 0 amide bonds. The second kappa shape index (κ2) is 5.65. The largest absolute Gasteiger partial charge is 0.393 e. The molecule has 3 heterocycles. The lowest BCUT2D eigenvalue weighted by Crippen LogP contribution is -2.46. The smallest absolute Gasteiger partial charge is 0.128 e. The minimum absolute atomic E-state index is 0.189. The van der Waals surface area contributed by atoms with E-state index in [9.17, 15) is 5.11 Å². The van der Waals surface area contributed by atoms with Gasteiger partial charge in [-0.15, -0.1) is 0 Å². The number of ether oxygens (including phenoxy) is 1. The number of pyridine rings is 1. The summed E-state index contributed by atoms with van der Waals surface area (Å²) in [6.07, 6.45) is 4.39. The molecule has 0 bridgehead atoms. The molecular formula is C14H19ClN2O2. The zero-order valence-corrected chi connectivity index (χ0v) is 11.6. The van der Waals surface area contributed by atoms with Crippen LogP contribution in [0.15, 0.2) is 18.3 Å². The molecule has 2 saturated heterocycles. The molecule has 5 heteroatoms. The Balaban J connectivity index is 1.79. The van der Waals surface area contributed by atoms with E-state index in [4.69, 9.17) is 16.3 Å². The van der Waals surface area contributed by atoms with Gasteiger partial charge in [0.05, 0.1) is 17.7 Å². The van der Waals surface area contributed by atoms with E-state index in [-0.39, 0.29) is 12.0 Å². The number of aromatic nitrogens is 1. The summed E-state index contributed by atoms with van der Waals surface area (Å²) in [4.78, 5) is 6.69. The maximum absolute atomic E-state index is 10.2. The Hall–Kier alpha value is -0.840. The van der Waals surface area contributed by atoms with Crippen LogP contribution in [0.4, 0.5) is 5.82 Å². The van der Waals surface area contributed by atoms with Crippen molar-refractivity contribution in [3.05, 3.63) is 23.4 Å². The Morgan fingerprint density at radius 3 is 3.00 bits per heavy atom. The summed E-state index contributed by atoms with van der Waals surface area (Å²) in [7, 11) is 0. The average molecular weight is 283 g/mol. The van der Waals surface area contributed by atoms with Gasteiger partial charge in [-0.3, -0.25) is 0 Å². The van der Waals surface area contributed by atoms with Gasteiger partial charge in [0.15, 0.2) is 0 Å². The first-order chi connectivity index (χ1) is 9.25. The Morgan fingerprint density at radius 2 is 2.26 bits per heavy atom. The van der Waals surface area contributed by atoms with Gasteiger partial charge in [0.2, 0.25) is 0 Å². The first kappa shape index (κ1) is 13.2. The van der Waals surface area contributed by atoms with Gasteiger partial charge < -0.3 is 14.7 Å². The van der Waals surface area contributed by atoms with E-state index in [0.29, 0.717) is 24.3 Å². The van der Waals surface area contributed by atoms with Crippen LogP contribution in [0.1, 0.15) is 19.3 Å². The minimum Gasteiger partial charge on any atom is -0.393 e. The lowest BCUT2D eigenvalue weighted by atomic mass is 9.89. The fourth-order valence-corrected chi connectivity index (χ4v) is 3.29. The first-order valence-corrected chi connectivity index (χ1v) is 7.27. The number of aliphatic hydroxyl groups is 1. The summed E-state index contributed by atoms with van der Waals surface area (Å²) in [5, 5.41) is 10.8. The molecule has 0 saturated carbocycles. The third kappa shape index (κ3) is 2.71. The van der Waals surface area contributed by atoms with Crippen molar-refractivity contribution >= 4 is 17.4 Å². The highest BCUT2D eigenvalue weighted by Crippen LogP contribution is 2.32. The van der Waals surface area contributed by atoms with E-state index in [0.717, 1.165) is 31.6 Å². The van der Waals surface area contributed by atoms with Crippen LogP contribution in [-0.2, 0) is 4.74 Å². The summed E-state index contributed by atoms with van der Waals surface area (Å²) in [5.41, 5.74) is 0. The molecule has 0 aromatic carbocycles. The molecular weight excluding hydrogens is 264 g/mol. The molecule has 3 rings (SSSR count). The van der Waals surface area contributed by atoms with Crippen LogP contribution in [-0.4, -0.2) is 42.0 Å². The van der Waals surface area contributed by atoms with Gasteiger partial charge in [-0.1, -0.05) is 11.6 Å². The molecule has 0 spiro atoms. The average Bonchev–Trinajstić information content (AvgIpc) is 2.89. The maximum Gasteiger partial charge on any atom is 0.128 e. The zero-order valence-electron chi connectivity index (χ0n) is 10.8. The van der Waals surface area contributed by atoms with Crippen LogP contribution in [0.3, 0.4) is 0 Å². The van der Waals surface area contributed by atoms with Crippen LogP contribution in [0.2, 0.25) is 5.02 Å². The number of halogens is 1. The Kier molecular flexibility index (Phi) is 3.91. The van der Waals surface area contributed by atoms with Crippen LogP contribution in [0.25, 0.3) is 0 Å². The van der Waals surface area contributed by atoms with Crippen molar-refractivity contribution in [2.24, 2.45) is 5.92 Å². The van der Waals surface area contributed by atoms with E-state index in [1.807, 2.05) is 12.1 Å². The molecule has 1 N–H and O–H groups in total. The van der Waals surface area contributed by atoms with Gasteiger partial charge in [0.25, 0.3) is 0 Å². The minimum atomic E-state index is -0.258. The molecule has 2 aliphatic rings.